The van der Waals surface area contributed by atoms with E-state index in [1.165, 1.54) is 6.92 Å². The third-order valence-corrected chi connectivity index (χ3v) is 3.29. The van der Waals surface area contributed by atoms with Crippen LogP contribution in [0.3, 0.4) is 0 Å². The number of aliphatic carboxylic acids is 1. The molecule has 0 fully saturated rings. The molecule has 21 heavy (non-hydrogen) atoms. The number of thiazole rings is 1. The molecule has 1 heterocycles. The number of anilines is 1. The third kappa shape index (κ3) is 5.25. The summed E-state index contributed by atoms with van der Waals surface area (Å²) in [6.07, 6.45) is -2.15. The zero-order valence-corrected chi connectivity index (χ0v) is 12.8. The Morgan fingerprint density at radius 3 is 2.43 bits per heavy atom. The van der Waals surface area contributed by atoms with Crippen LogP contribution in [0.15, 0.2) is 0 Å². The van der Waals surface area contributed by atoms with Crippen LogP contribution in [0.1, 0.15) is 37.8 Å². The predicted molar refractivity (Wildman–Crippen MR) is 72.9 cm³/mol. The highest BCUT2D eigenvalue weighted by Gasteiger charge is 2.39. The first kappa shape index (κ1) is 17.3. The maximum absolute atomic E-state index is 13.7. The Bertz CT molecular complexity index is 552. The highest BCUT2D eigenvalue weighted by Crippen LogP contribution is 2.39. The van der Waals surface area contributed by atoms with Crippen molar-refractivity contribution < 1.29 is 28.2 Å². The molecule has 0 aliphatic carbocycles. The van der Waals surface area contributed by atoms with Gasteiger partial charge >= 0.3 is 12.1 Å². The molecule has 9 heteroatoms. The van der Waals surface area contributed by atoms with E-state index < -0.39 is 34.9 Å². The van der Waals surface area contributed by atoms with Gasteiger partial charge in [-0.25, -0.2) is 9.78 Å². The van der Waals surface area contributed by atoms with Gasteiger partial charge in [0.1, 0.15) is 12.0 Å². The first-order chi connectivity index (χ1) is 9.40. The Balaban J connectivity index is 2.88. The van der Waals surface area contributed by atoms with Gasteiger partial charge in [-0.05, 0) is 27.7 Å². The number of halogens is 2. The van der Waals surface area contributed by atoms with Crippen molar-refractivity contribution in [1.29, 1.82) is 0 Å². The third-order valence-electron chi connectivity index (χ3n) is 2.11. The second-order valence-electron chi connectivity index (χ2n) is 5.34. The van der Waals surface area contributed by atoms with Crippen molar-refractivity contribution in [3.63, 3.8) is 0 Å². The van der Waals surface area contributed by atoms with Crippen molar-refractivity contribution in [2.75, 3.05) is 5.32 Å². The van der Waals surface area contributed by atoms with Gasteiger partial charge in [0.2, 0.25) is 0 Å². The molecule has 0 saturated heterocycles. The van der Waals surface area contributed by atoms with E-state index in [2.05, 4.69) is 10.3 Å². The van der Waals surface area contributed by atoms with Crippen LogP contribution in [-0.4, -0.2) is 27.8 Å². The highest BCUT2D eigenvalue weighted by molar-refractivity contribution is 7.16. The van der Waals surface area contributed by atoms with Crippen molar-refractivity contribution in [3.05, 3.63) is 10.6 Å². The monoisotopic (exact) mass is 322 g/mol. The van der Waals surface area contributed by atoms with Crippen molar-refractivity contribution in [2.45, 2.75) is 45.6 Å². The van der Waals surface area contributed by atoms with E-state index in [9.17, 15) is 18.4 Å². The van der Waals surface area contributed by atoms with Crippen molar-refractivity contribution >= 4 is 28.5 Å². The van der Waals surface area contributed by atoms with Gasteiger partial charge in [-0.2, -0.15) is 8.78 Å². The maximum Gasteiger partial charge on any atom is 0.413 e. The lowest BCUT2D eigenvalue weighted by atomic mass is 10.2. The van der Waals surface area contributed by atoms with Crippen LogP contribution in [0.4, 0.5) is 18.7 Å². The molecular formula is C12H16F2N2O4S. The lowest BCUT2D eigenvalue weighted by Gasteiger charge is -2.18. The number of aryl methyl sites for hydroxylation is 1. The molecule has 1 aromatic rings. The zero-order valence-electron chi connectivity index (χ0n) is 12.0. The minimum Gasteiger partial charge on any atom is -0.481 e. The number of carboxylic acid groups (broad SMARTS) is 1. The van der Waals surface area contributed by atoms with E-state index in [-0.39, 0.29) is 10.8 Å². The molecule has 0 unspecified atom stereocenters. The fourth-order valence-electron chi connectivity index (χ4n) is 1.45. The molecule has 0 atom stereocenters. The smallest absolute Gasteiger partial charge is 0.413 e. The minimum absolute atomic E-state index is 0.0303. The summed E-state index contributed by atoms with van der Waals surface area (Å²) < 4.78 is 32.4. The first-order valence-electron chi connectivity index (χ1n) is 5.98. The Morgan fingerprint density at radius 1 is 1.38 bits per heavy atom. The van der Waals surface area contributed by atoms with Gasteiger partial charge in [-0.3, -0.25) is 10.1 Å². The molecule has 1 rings (SSSR count). The van der Waals surface area contributed by atoms with Crippen LogP contribution in [0.25, 0.3) is 0 Å². The molecular weight excluding hydrogens is 306 g/mol. The second kappa shape index (κ2) is 5.92. The molecule has 1 aromatic heterocycles. The van der Waals surface area contributed by atoms with E-state index in [4.69, 9.17) is 9.84 Å². The molecule has 0 aliphatic heterocycles. The molecule has 0 aliphatic rings. The number of nitrogens with zero attached hydrogens (tertiary/aromatic N) is 1. The summed E-state index contributed by atoms with van der Waals surface area (Å²) in [6, 6.07) is 0. The van der Waals surface area contributed by atoms with Crippen molar-refractivity contribution in [2.24, 2.45) is 0 Å². The largest absolute Gasteiger partial charge is 0.481 e. The Labute approximate surface area is 124 Å². The average molecular weight is 322 g/mol. The number of carbonyl (C=O) groups is 2. The van der Waals surface area contributed by atoms with Gasteiger partial charge in [0.25, 0.3) is 5.92 Å². The maximum atomic E-state index is 13.7. The van der Waals surface area contributed by atoms with Crippen LogP contribution in [-0.2, 0) is 15.5 Å². The van der Waals surface area contributed by atoms with Gasteiger partial charge < -0.3 is 9.84 Å². The second-order valence-corrected chi connectivity index (χ2v) is 6.33. The molecule has 0 bridgehead atoms. The molecule has 2 N–H and O–H groups in total. The number of alkyl halides is 2. The number of rotatable bonds is 4. The number of aromatic nitrogens is 1. The first-order valence-corrected chi connectivity index (χ1v) is 6.80. The van der Waals surface area contributed by atoms with Crippen molar-refractivity contribution in [1.82, 2.24) is 4.98 Å². The van der Waals surface area contributed by atoms with E-state index in [1.54, 1.807) is 20.8 Å². The number of hydrogen-bond donors (Lipinski definition) is 2. The van der Waals surface area contributed by atoms with Gasteiger partial charge in [-0.1, -0.05) is 11.3 Å². The van der Waals surface area contributed by atoms with Gasteiger partial charge in [-0.15, -0.1) is 0 Å². The Kier molecular flexibility index (Phi) is 4.87. The van der Waals surface area contributed by atoms with E-state index >= 15 is 0 Å². The quantitative estimate of drug-likeness (QED) is 0.887. The van der Waals surface area contributed by atoms with Crippen LogP contribution in [0, 0.1) is 6.92 Å². The number of amides is 1. The summed E-state index contributed by atoms with van der Waals surface area (Å²) in [5, 5.41) is 10.7. The predicted octanol–water partition coefficient (Wildman–Crippen LogP) is 3.37. The van der Waals surface area contributed by atoms with E-state index in [0.717, 1.165) is 0 Å². The number of hydrogen-bond acceptors (Lipinski definition) is 5. The molecule has 1 amide bonds. The molecule has 0 saturated carbocycles. The fraction of sp³-hybridized carbons (Fsp3) is 0.583. The number of nitrogens with one attached hydrogen (secondary N) is 1. The Morgan fingerprint density at radius 2 is 1.95 bits per heavy atom. The average Bonchev–Trinajstić information content (AvgIpc) is 2.54. The van der Waals surface area contributed by atoms with Crippen LogP contribution in [0.5, 0.6) is 0 Å². The summed E-state index contributed by atoms with van der Waals surface area (Å²) in [5.41, 5.74) is -0.760. The Hall–Kier alpha value is -1.77. The normalized spacial score (nSPS) is 12.1. The standard InChI is InChI=1S/C12H16F2N2O4S/c1-6-8(12(13,14)5-7(17)18)21-9(15-6)16-10(19)20-11(2,3)4/h5H2,1-4H3,(H,17,18)(H,15,16,19). The minimum atomic E-state index is -3.54. The molecule has 118 valence electrons. The zero-order chi connectivity index (χ0) is 16.4. The van der Waals surface area contributed by atoms with Gasteiger partial charge in [0, 0.05) is 0 Å². The number of carboxylic acids is 1. The summed E-state index contributed by atoms with van der Waals surface area (Å²) in [6.45, 7) is 6.30. The lowest BCUT2D eigenvalue weighted by molar-refractivity contribution is -0.145. The van der Waals surface area contributed by atoms with Crippen molar-refractivity contribution in [3.8, 4) is 0 Å². The van der Waals surface area contributed by atoms with Crippen LogP contribution in [0.2, 0.25) is 0 Å². The highest BCUT2D eigenvalue weighted by atomic mass is 32.1. The molecule has 0 spiro atoms. The van der Waals surface area contributed by atoms with E-state index in [1.807, 2.05) is 0 Å². The SMILES string of the molecule is Cc1nc(NC(=O)OC(C)(C)C)sc1C(F)(F)CC(=O)O. The molecule has 6 nitrogen and oxygen atoms in total. The van der Waals surface area contributed by atoms with Crippen LogP contribution < -0.4 is 5.32 Å². The summed E-state index contributed by atoms with van der Waals surface area (Å²) in [7, 11) is 0. The van der Waals surface area contributed by atoms with Gasteiger partial charge in [0.15, 0.2) is 5.13 Å². The molecule has 0 aromatic carbocycles. The summed E-state index contributed by atoms with van der Waals surface area (Å²) >= 11 is 0.526. The van der Waals surface area contributed by atoms with Gasteiger partial charge in [0.05, 0.1) is 10.6 Å². The van der Waals surface area contributed by atoms with E-state index in [0.29, 0.717) is 11.3 Å². The lowest BCUT2D eigenvalue weighted by Crippen LogP contribution is -2.27. The molecule has 0 radical (unpaired) electrons. The summed E-state index contributed by atoms with van der Waals surface area (Å²) in [5.74, 6) is -5.16. The fourth-order valence-corrected chi connectivity index (χ4v) is 2.38. The topological polar surface area (TPSA) is 88.5 Å². The van der Waals surface area contributed by atoms with Crippen LogP contribution >= 0.6 is 11.3 Å². The number of carbonyl (C=O) groups excluding carboxylic acids is 1. The number of ether oxygens (including phenoxy) is 1. The summed E-state index contributed by atoms with van der Waals surface area (Å²) in [4.78, 5) is 25.3.